The van der Waals surface area contributed by atoms with E-state index in [1.165, 1.54) is 16.4 Å². The molecule has 1 N–H and O–H groups in total. The highest BCUT2D eigenvalue weighted by molar-refractivity contribution is 7.89. The molecule has 2 aromatic rings. The van der Waals surface area contributed by atoms with Crippen molar-refractivity contribution in [2.45, 2.75) is 56.9 Å². The summed E-state index contributed by atoms with van der Waals surface area (Å²) in [6.45, 7) is 5.14. The Morgan fingerprint density at radius 3 is 2.27 bits per heavy atom. The SMILES string of the molecule is COc1ccc(C(CC(C)C)NC(=O)c2ccc(Cl)c(S(=O)(=O)N3CCCCCC3)c2)cc1. The van der Waals surface area contributed by atoms with Gasteiger partial charge in [0.1, 0.15) is 10.6 Å². The summed E-state index contributed by atoms with van der Waals surface area (Å²) in [6, 6.07) is 11.8. The van der Waals surface area contributed by atoms with Gasteiger partial charge in [0.2, 0.25) is 10.0 Å². The number of sulfonamides is 1. The van der Waals surface area contributed by atoms with E-state index in [4.69, 9.17) is 16.3 Å². The fourth-order valence-corrected chi connectivity index (χ4v) is 6.11. The average molecular weight is 493 g/mol. The molecule has 0 aliphatic carbocycles. The van der Waals surface area contributed by atoms with Crippen LogP contribution in [-0.4, -0.2) is 38.8 Å². The number of rotatable bonds is 8. The van der Waals surface area contributed by atoms with Crippen molar-refractivity contribution < 1.29 is 17.9 Å². The number of carbonyl (C=O) groups excluding carboxylic acids is 1. The van der Waals surface area contributed by atoms with Crippen LogP contribution in [0.5, 0.6) is 5.75 Å². The molecule has 0 saturated carbocycles. The number of amides is 1. The van der Waals surface area contributed by atoms with E-state index in [1.54, 1.807) is 13.2 Å². The van der Waals surface area contributed by atoms with Crippen molar-refractivity contribution in [3.63, 3.8) is 0 Å². The van der Waals surface area contributed by atoms with E-state index in [0.29, 0.717) is 19.0 Å². The molecule has 8 heteroatoms. The van der Waals surface area contributed by atoms with Crippen LogP contribution in [0.3, 0.4) is 0 Å². The molecule has 0 bridgehead atoms. The number of nitrogens with one attached hydrogen (secondary N) is 1. The molecule has 2 aromatic carbocycles. The Balaban J connectivity index is 1.86. The van der Waals surface area contributed by atoms with Gasteiger partial charge in [0, 0.05) is 18.7 Å². The second-order valence-electron chi connectivity index (χ2n) is 8.89. The third-order valence-corrected chi connectivity index (χ3v) is 8.29. The van der Waals surface area contributed by atoms with E-state index in [9.17, 15) is 13.2 Å². The van der Waals surface area contributed by atoms with Gasteiger partial charge < -0.3 is 10.1 Å². The Labute approximate surface area is 202 Å². The lowest BCUT2D eigenvalue weighted by molar-refractivity contribution is 0.0931. The van der Waals surface area contributed by atoms with Crippen LogP contribution >= 0.6 is 11.6 Å². The number of nitrogens with zero attached hydrogens (tertiary/aromatic N) is 1. The van der Waals surface area contributed by atoms with Gasteiger partial charge >= 0.3 is 0 Å². The lowest BCUT2D eigenvalue weighted by Gasteiger charge is -2.23. The van der Waals surface area contributed by atoms with Gasteiger partial charge in [-0.05, 0) is 61.1 Å². The number of hydrogen-bond acceptors (Lipinski definition) is 4. The first-order chi connectivity index (χ1) is 15.7. The zero-order valence-corrected chi connectivity index (χ0v) is 21.1. The fourth-order valence-electron chi connectivity index (χ4n) is 4.09. The molecule has 1 aliphatic rings. The number of halogens is 1. The zero-order chi connectivity index (χ0) is 24.0. The van der Waals surface area contributed by atoms with Crippen LogP contribution in [0.15, 0.2) is 47.4 Å². The molecular weight excluding hydrogens is 460 g/mol. The zero-order valence-electron chi connectivity index (χ0n) is 19.5. The third-order valence-electron chi connectivity index (χ3n) is 5.91. The number of carbonyl (C=O) groups is 1. The van der Waals surface area contributed by atoms with Gasteiger partial charge in [-0.1, -0.05) is 50.4 Å². The number of ether oxygens (including phenoxy) is 1. The first kappa shape index (κ1) is 25.5. The van der Waals surface area contributed by atoms with E-state index in [2.05, 4.69) is 19.2 Å². The summed E-state index contributed by atoms with van der Waals surface area (Å²) in [6.07, 6.45) is 4.44. The van der Waals surface area contributed by atoms with Crippen molar-refractivity contribution in [2.24, 2.45) is 5.92 Å². The summed E-state index contributed by atoms with van der Waals surface area (Å²) in [4.78, 5) is 13.2. The Kier molecular flexibility index (Phi) is 8.79. The molecule has 6 nitrogen and oxygen atoms in total. The first-order valence-electron chi connectivity index (χ1n) is 11.5. The molecule has 1 heterocycles. The van der Waals surface area contributed by atoms with Gasteiger partial charge in [0.25, 0.3) is 5.91 Å². The smallest absolute Gasteiger partial charge is 0.251 e. The molecule has 33 heavy (non-hydrogen) atoms. The summed E-state index contributed by atoms with van der Waals surface area (Å²) in [5.41, 5.74) is 1.24. The predicted octanol–water partition coefficient (Wildman–Crippen LogP) is 5.43. The van der Waals surface area contributed by atoms with Crippen molar-refractivity contribution in [2.75, 3.05) is 20.2 Å². The molecule has 3 rings (SSSR count). The molecule has 1 atom stereocenters. The first-order valence-corrected chi connectivity index (χ1v) is 13.3. The Morgan fingerprint density at radius 2 is 1.70 bits per heavy atom. The summed E-state index contributed by atoms with van der Waals surface area (Å²) in [7, 11) is -2.16. The molecule has 1 unspecified atom stereocenters. The summed E-state index contributed by atoms with van der Waals surface area (Å²) >= 11 is 6.30. The van der Waals surface area contributed by atoms with Crippen LogP contribution in [0.4, 0.5) is 0 Å². The lowest BCUT2D eigenvalue weighted by Crippen LogP contribution is -2.33. The van der Waals surface area contributed by atoms with Crippen LogP contribution in [0.25, 0.3) is 0 Å². The molecule has 1 saturated heterocycles. The largest absolute Gasteiger partial charge is 0.497 e. The average Bonchev–Trinajstić information content (AvgIpc) is 3.09. The van der Waals surface area contributed by atoms with Gasteiger partial charge in [0.15, 0.2) is 0 Å². The van der Waals surface area contributed by atoms with E-state index in [1.807, 2.05) is 24.3 Å². The van der Waals surface area contributed by atoms with Crippen LogP contribution in [0.1, 0.15) is 67.9 Å². The molecule has 1 fully saturated rings. The molecular formula is C25H33ClN2O4S. The van der Waals surface area contributed by atoms with Crippen LogP contribution in [-0.2, 0) is 10.0 Å². The Bertz CT molecular complexity index is 1050. The highest BCUT2D eigenvalue weighted by Gasteiger charge is 2.28. The van der Waals surface area contributed by atoms with Crippen LogP contribution < -0.4 is 10.1 Å². The summed E-state index contributed by atoms with van der Waals surface area (Å²) in [5.74, 6) is 0.761. The van der Waals surface area contributed by atoms with Crippen LogP contribution in [0.2, 0.25) is 5.02 Å². The van der Waals surface area contributed by atoms with E-state index in [0.717, 1.165) is 43.4 Å². The summed E-state index contributed by atoms with van der Waals surface area (Å²) in [5, 5.41) is 3.20. The van der Waals surface area contributed by atoms with E-state index in [-0.39, 0.29) is 27.4 Å². The van der Waals surface area contributed by atoms with Crippen molar-refractivity contribution in [3.05, 3.63) is 58.6 Å². The molecule has 180 valence electrons. The lowest BCUT2D eigenvalue weighted by atomic mass is 9.96. The topological polar surface area (TPSA) is 75.7 Å². The molecule has 0 aromatic heterocycles. The molecule has 0 radical (unpaired) electrons. The normalized spacial score (nSPS) is 16.3. The van der Waals surface area contributed by atoms with E-state index < -0.39 is 10.0 Å². The second kappa shape index (κ2) is 11.4. The molecule has 1 amide bonds. The van der Waals surface area contributed by atoms with Gasteiger partial charge in [-0.2, -0.15) is 4.31 Å². The second-order valence-corrected chi connectivity index (χ2v) is 11.2. The quantitative estimate of drug-likeness (QED) is 0.533. The maximum Gasteiger partial charge on any atom is 0.251 e. The number of hydrogen-bond donors (Lipinski definition) is 1. The molecule has 1 aliphatic heterocycles. The van der Waals surface area contributed by atoms with Crippen molar-refractivity contribution in [3.8, 4) is 5.75 Å². The van der Waals surface area contributed by atoms with Gasteiger partial charge in [-0.15, -0.1) is 0 Å². The van der Waals surface area contributed by atoms with Gasteiger partial charge in [-0.3, -0.25) is 4.79 Å². The maximum atomic E-state index is 13.3. The summed E-state index contributed by atoms with van der Waals surface area (Å²) < 4.78 is 33.3. The third kappa shape index (κ3) is 6.49. The van der Waals surface area contributed by atoms with Crippen molar-refractivity contribution in [1.82, 2.24) is 9.62 Å². The standard InChI is InChI=1S/C25H33ClN2O4S/c1-18(2)16-23(19-8-11-21(32-3)12-9-19)27-25(29)20-10-13-22(26)24(17-20)33(30,31)28-14-6-4-5-7-15-28/h8-13,17-18,23H,4-7,14-16H2,1-3H3,(H,27,29). The number of benzene rings is 2. The Hall–Kier alpha value is -2.09. The minimum Gasteiger partial charge on any atom is -0.497 e. The predicted molar refractivity (Wildman–Crippen MR) is 131 cm³/mol. The fraction of sp³-hybridized carbons (Fsp3) is 0.480. The highest BCUT2D eigenvalue weighted by Crippen LogP contribution is 2.29. The maximum absolute atomic E-state index is 13.3. The number of methoxy groups -OCH3 is 1. The van der Waals surface area contributed by atoms with Gasteiger partial charge in [-0.25, -0.2) is 8.42 Å². The van der Waals surface area contributed by atoms with Gasteiger partial charge in [0.05, 0.1) is 18.2 Å². The van der Waals surface area contributed by atoms with Crippen molar-refractivity contribution >= 4 is 27.5 Å². The molecule has 0 spiro atoms. The highest BCUT2D eigenvalue weighted by atomic mass is 35.5. The van der Waals surface area contributed by atoms with E-state index >= 15 is 0 Å². The van der Waals surface area contributed by atoms with Crippen LogP contribution in [0, 0.1) is 5.92 Å². The Morgan fingerprint density at radius 1 is 1.06 bits per heavy atom. The minimum absolute atomic E-state index is 0.0106. The monoisotopic (exact) mass is 492 g/mol. The minimum atomic E-state index is -3.77. The van der Waals surface area contributed by atoms with Crippen molar-refractivity contribution in [1.29, 1.82) is 0 Å².